The molecule has 2 nitrogen and oxygen atoms in total. The molecule has 0 heterocycles. The second-order valence-corrected chi connectivity index (χ2v) is 6.23. The predicted octanol–water partition coefficient (Wildman–Crippen LogP) is 4.42. The Balaban J connectivity index is 1.95. The zero-order valence-electron chi connectivity index (χ0n) is 13.5. The van der Waals surface area contributed by atoms with E-state index in [9.17, 15) is 9.50 Å². The molecule has 3 rings (SSSR count). The quantitative estimate of drug-likeness (QED) is 0.885. The van der Waals surface area contributed by atoms with Crippen LogP contribution in [0.1, 0.15) is 47.8 Å². The monoisotopic (exact) mass is 314 g/mol. The van der Waals surface area contributed by atoms with Crippen molar-refractivity contribution in [2.24, 2.45) is 0 Å². The molecule has 122 valence electrons. The SMILES string of the molecule is COc1ccc2c(c1)CCC(c1ccc(F)cc1)C2CCCO. The van der Waals surface area contributed by atoms with Gasteiger partial charge in [0.25, 0.3) is 0 Å². The number of aliphatic hydroxyl groups excluding tert-OH is 1. The van der Waals surface area contributed by atoms with Crippen LogP contribution in [0.25, 0.3) is 0 Å². The van der Waals surface area contributed by atoms with E-state index < -0.39 is 0 Å². The van der Waals surface area contributed by atoms with Gasteiger partial charge in [-0.05, 0) is 78.5 Å². The molecule has 0 aliphatic heterocycles. The van der Waals surface area contributed by atoms with Crippen molar-refractivity contribution in [1.29, 1.82) is 0 Å². The summed E-state index contributed by atoms with van der Waals surface area (Å²) in [6.45, 7) is 0.206. The van der Waals surface area contributed by atoms with Crippen LogP contribution in [0.15, 0.2) is 42.5 Å². The van der Waals surface area contributed by atoms with Crippen molar-refractivity contribution < 1.29 is 14.2 Å². The van der Waals surface area contributed by atoms with Crippen molar-refractivity contribution in [2.75, 3.05) is 13.7 Å². The van der Waals surface area contributed by atoms with Crippen LogP contribution < -0.4 is 4.74 Å². The molecule has 2 unspecified atom stereocenters. The Morgan fingerprint density at radius 3 is 2.65 bits per heavy atom. The topological polar surface area (TPSA) is 29.5 Å². The molecule has 0 saturated heterocycles. The molecule has 0 amide bonds. The number of aryl methyl sites for hydroxylation is 1. The van der Waals surface area contributed by atoms with Gasteiger partial charge in [-0.3, -0.25) is 0 Å². The van der Waals surface area contributed by atoms with Crippen molar-refractivity contribution in [3.8, 4) is 5.75 Å². The number of hydrogen-bond donors (Lipinski definition) is 1. The number of fused-ring (bicyclic) bond motifs is 1. The summed E-state index contributed by atoms with van der Waals surface area (Å²) in [5.74, 6) is 1.44. The summed E-state index contributed by atoms with van der Waals surface area (Å²) in [6.07, 6.45) is 3.78. The summed E-state index contributed by atoms with van der Waals surface area (Å²) in [6, 6.07) is 13.2. The van der Waals surface area contributed by atoms with E-state index in [-0.39, 0.29) is 12.4 Å². The van der Waals surface area contributed by atoms with Gasteiger partial charge >= 0.3 is 0 Å². The van der Waals surface area contributed by atoms with Crippen LogP contribution in [-0.2, 0) is 6.42 Å². The lowest BCUT2D eigenvalue weighted by Crippen LogP contribution is -2.20. The zero-order valence-corrected chi connectivity index (χ0v) is 13.5. The molecule has 2 atom stereocenters. The molecule has 0 saturated carbocycles. The Labute approximate surface area is 136 Å². The van der Waals surface area contributed by atoms with Gasteiger partial charge in [0.1, 0.15) is 11.6 Å². The van der Waals surface area contributed by atoms with E-state index in [1.807, 2.05) is 18.2 Å². The highest BCUT2D eigenvalue weighted by Crippen LogP contribution is 2.45. The van der Waals surface area contributed by atoms with E-state index in [1.165, 1.54) is 16.7 Å². The van der Waals surface area contributed by atoms with Crippen LogP contribution in [-0.4, -0.2) is 18.8 Å². The summed E-state index contributed by atoms with van der Waals surface area (Å²) in [4.78, 5) is 0. The molecule has 3 heteroatoms. The molecule has 1 aliphatic carbocycles. The largest absolute Gasteiger partial charge is 0.497 e. The number of methoxy groups -OCH3 is 1. The first-order valence-electron chi connectivity index (χ1n) is 8.26. The van der Waals surface area contributed by atoms with Gasteiger partial charge in [0.15, 0.2) is 0 Å². The number of halogens is 1. The predicted molar refractivity (Wildman–Crippen MR) is 89.5 cm³/mol. The van der Waals surface area contributed by atoms with E-state index in [1.54, 1.807) is 19.2 Å². The van der Waals surface area contributed by atoms with Gasteiger partial charge in [-0.15, -0.1) is 0 Å². The van der Waals surface area contributed by atoms with E-state index in [4.69, 9.17) is 4.74 Å². The third kappa shape index (κ3) is 3.40. The van der Waals surface area contributed by atoms with E-state index in [2.05, 4.69) is 12.1 Å². The smallest absolute Gasteiger partial charge is 0.123 e. The minimum absolute atomic E-state index is 0.193. The zero-order chi connectivity index (χ0) is 16.2. The highest BCUT2D eigenvalue weighted by atomic mass is 19.1. The van der Waals surface area contributed by atoms with Gasteiger partial charge in [-0.25, -0.2) is 4.39 Å². The molecule has 1 N–H and O–H groups in total. The second-order valence-electron chi connectivity index (χ2n) is 6.23. The van der Waals surface area contributed by atoms with Crippen LogP contribution in [0.4, 0.5) is 4.39 Å². The molecule has 23 heavy (non-hydrogen) atoms. The van der Waals surface area contributed by atoms with Gasteiger partial charge in [0.05, 0.1) is 7.11 Å². The summed E-state index contributed by atoms with van der Waals surface area (Å²) in [5, 5.41) is 9.25. The maximum atomic E-state index is 13.2. The minimum atomic E-state index is -0.193. The lowest BCUT2D eigenvalue weighted by Gasteiger charge is -2.34. The number of hydrogen-bond acceptors (Lipinski definition) is 2. The van der Waals surface area contributed by atoms with Crippen LogP contribution in [0.2, 0.25) is 0 Å². The number of rotatable bonds is 5. The van der Waals surface area contributed by atoms with Crippen LogP contribution in [0, 0.1) is 5.82 Å². The number of aliphatic hydroxyl groups is 1. The summed E-state index contributed by atoms with van der Waals surface area (Å²) in [7, 11) is 1.69. The van der Waals surface area contributed by atoms with E-state index in [0.29, 0.717) is 11.8 Å². The van der Waals surface area contributed by atoms with Crippen LogP contribution in [0.3, 0.4) is 0 Å². The number of benzene rings is 2. The summed E-state index contributed by atoms with van der Waals surface area (Å²) in [5.41, 5.74) is 3.88. The van der Waals surface area contributed by atoms with Crippen molar-refractivity contribution in [3.63, 3.8) is 0 Å². The van der Waals surface area contributed by atoms with Crippen molar-refractivity contribution in [1.82, 2.24) is 0 Å². The maximum absolute atomic E-state index is 13.2. The minimum Gasteiger partial charge on any atom is -0.497 e. The summed E-state index contributed by atoms with van der Waals surface area (Å²) >= 11 is 0. The number of ether oxygens (including phenoxy) is 1. The fourth-order valence-corrected chi connectivity index (χ4v) is 3.79. The molecule has 0 radical (unpaired) electrons. The third-order valence-electron chi connectivity index (χ3n) is 4.93. The van der Waals surface area contributed by atoms with Gasteiger partial charge in [0.2, 0.25) is 0 Å². The van der Waals surface area contributed by atoms with Gasteiger partial charge in [-0.2, -0.15) is 0 Å². The Hall–Kier alpha value is -1.87. The van der Waals surface area contributed by atoms with Gasteiger partial charge in [0, 0.05) is 6.61 Å². The normalized spacial score (nSPS) is 20.1. The van der Waals surface area contributed by atoms with Gasteiger partial charge < -0.3 is 9.84 Å². The van der Waals surface area contributed by atoms with Crippen molar-refractivity contribution >= 4 is 0 Å². The third-order valence-corrected chi connectivity index (χ3v) is 4.93. The van der Waals surface area contributed by atoms with Crippen LogP contribution in [0.5, 0.6) is 5.75 Å². The first-order chi connectivity index (χ1) is 11.2. The lowest BCUT2D eigenvalue weighted by molar-refractivity contribution is 0.273. The average molecular weight is 314 g/mol. The second kappa shape index (κ2) is 7.14. The molecular formula is C20H23FO2. The first kappa shape index (κ1) is 16.0. The fraction of sp³-hybridized carbons (Fsp3) is 0.400. The van der Waals surface area contributed by atoms with Crippen molar-refractivity contribution in [3.05, 3.63) is 65.0 Å². The molecule has 0 bridgehead atoms. The molecule has 2 aromatic carbocycles. The average Bonchev–Trinajstić information content (AvgIpc) is 2.59. The van der Waals surface area contributed by atoms with E-state index >= 15 is 0 Å². The Bertz CT molecular complexity index is 651. The molecule has 0 spiro atoms. The molecule has 1 aliphatic rings. The molecule has 2 aromatic rings. The molecule has 0 aromatic heterocycles. The van der Waals surface area contributed by atoms with Crippen molar-refractivity contribution in [2.45, 2.75) is 37.5 Å². The molecule has 0 fully saturated rings. The summed E-state index contributed by atoms with van der Waals surface area (Å²) < 4.78 is 18.6. The Morgan fingerprint density at radius 2 is 1.96 bits per heavy atom. The Morgan fingerprint density at radius 1 is 1.17 bits per heavy atom. The lowest BCUT2D eigenvalue weighted by atomic mass is 9.70. The fourth-order valence-electron chi connectivity index (χ4n) is 3.79. The maximum Gasteiger partial charge on any atom is 0.123 e. The first-order valence-corrected chi connectivity index (χ1v) is 8.26. The van der Waals surface area contributed by atoms with Crippen LogP contribution >= 0.6 is 0 Å². The standard InChI is InChI=1S/C20H23FO2/c1-23-17-9-11-19-15(13-17)6-10-18(20(19)3-2-12-22)14-4-7-16(21)8-5-14/h4-5,7-9,11,13,18,20,22H,2-3,6,10,12H2,1H3. The highest BCUT2D eigenvalue weighted by molar-refractivity contribution is 5.42. The Kier molecular flexibility index (Phi) is 4.97. The molecular weight excluding hydrogens is 291 g/mol. The highest BCUT2D eigenvalue weighted by Gasteiger charge is 2.30. The van der Waals surface area contributed by atoms with E-state index in [0.717, 1.165) is 31.4 Å². The van der Waals surface area contributed by atoms with Gasteiger partial charge in [-0.1, -0.05) is 18.2 Å².